The minimum absolute atomic E-state index is 0.124. The van der Waals surface area contributed by atoms with Gasteiger partial charge in [0, 0.05) is 5.25 Å². The summed E-state index contributed by atoms with van der Waals surface area (Å²) in [4.78, 5) is 27.0. The first-order valence-electron chi connectivity index (χ1n) is 10.6. The Morgan fingerprint density at radius 1 is 1.19 bits per heavy atom. The van der Waals surface area contributed by atoms with Gasteiger partial charge in [-0.15, -0.1) is 11.8 Å². The predicted molar refractivity (Wildman–Crippen MR) is 128 cm³/mol. The molecule has 1 aromatic rings. The number of fused-ring (bicyclic) bond motifs is 2. The molecule has 0 aromatic heterocycles. The first-order chi connectivity index (χ1) is 14.4. The summed E-state index contributed by atoms with van der Waals surface area (Å²) in [6.45, 7) is 12.5. The average molecular weight is 477 g/mol. The molecule has 3 aliphatic rings. The molecular weight excluding hydrogens is 446 g/mol. The lowest BCUT2D eigenvalue weighted by atomic mass is 9.66. The summed E-state index contributed by atoms with van der Waals surface area (Å²) in [6.07, 6.45) is 1.86. The Balaban J connectivity index is 1.59. The van der Waals surface area contributed by atoms with Gasteiger partial charge in [0.25, 0.3) is 0 Å². The van der Waals surface area contributed by atoms with Crippen molar-refractivity contribution in [1.29, 1.82) is 0 Å². The maximum atomic E-state index is 13.3. The molecule has 4 rings (SSSR count). The van der Waals surface area contributed by atoms with E-state index in [2.05, 4.69) is 58.1 Å². The average Bonchev–Trinajstić information content (AvgIpc) is 3.19. The van der Waals surface area contributed by atoms with Gasteiger partial charge in [-0.3, -0.25) is 9.69 Å². The van der Waals surface area contributed by atoms with Crippen LogP contribution >= 0.6 is 23.5 Å². The summed E-state index contributed by atoms with van der Waals surface area (Å²) in [5.74, 6) is -1.50. The Bertz CT molecular complexity index is 932. The summed E-state index contributed by atoms with van der Waals surface area (Å²) in [5, 5.41) is 10.0. The number of nitrogens with zero attached hydrogens (tertiary/aromatic N) is 1. The zero-order chi connectivity index (χ0) is 22.7. The normalized spacial score (nSPS) is 25.5. The van der Waals surface area contributed by atoms with Gasteiger partial charge in [-0.1, -0.05) is 56.8 Å². The predicted octanol–water partition coefficient (Wildman–Crippen LogP) is 4.74. The van der Waals surface area contributed by atoms with Crippen molar-refractivity contribution in [1.82, 2.24) is 4.90 Å². The van der Waals surface area contributed by atoms with Crippen LogP contribution in [0.2, 0.25) is 13.1 Å². The molecule has 1 saturated heterocycles. The number of β-lactam (4-membered cyclic amide) rings is 1. The molecule has 0 bridgehead atoms. The molecular formula is C23H30NO4S2Si. The van der Waals surface area contributed by atoms with E-state index in [1.165, 1.54) is 16.0 Å². The molecule has 1 aliphatic carbocycles. The van der Waals surface area contributed by atoms with E-state index in [1.54, 1.807) is 23.5 Å². The van der Waals surface area contributed by atoms with Crippen molar-refractivity contribution >= 4 is 44.4 Å². The fourth-order valence-electron chi connectivity index (χ4n) is 4.73. The second-order valence-corrected chi connectivity index (χ2v) is 14.6. The molecule has 31 heavy (non-hydrogen) atoms. The van der Waals surface area contributed by atoms with Crippen LogP contribution in [0.15, 0.2) is 34.2 Å². The number of carbonyl (C=O) groups is 2. The van der Waals surface area contributed by atoms with Crippen LogP contribution in [0, 0.1) is 11.3 Å². The molecule has 1 radical (unpaired) electrons. The smallest absolute Gasteiger partial charge is 0.354 e. The highest BCUT2D eigenvalue weighted by Crippen LogP contribution is 2.59. The van der Waals surface area contributed by atoms with Gasteiger partial charge < -0.3 is 9.53 Å². The van der Waals surface area contributed by atoms with Crippen LogP contribution in [-0.2, 0) is 26.9 Å². The summed E-state index contributed by atoms with van der Waals surface area (Å²) < 4.78 is 7.22. The largest absolute Gasteiger partial charge is 0.477 e. The lowest BCUT2D eigenvalue weighted by Gasteiger charge is -2.56. The van der Waals surface area contributed by atoms with Crippen molar-refractivity contribution < 1.29 is 19.1 Å². The second-order valence-electron chi connectivity index (χ2n) is 9.92. The van der Waals surface area contributed by atoms with Crippen molar-refractivity contribution in [2.45, 2.75) is 69.9 Å². The first kappa shape index (κ1) is 23.0. The minimum atomic E-state index is -1.05. The van der Waals surface area contributed by atoms with Crippen molar-refractivity contribution in [2.24, 2.45) is 11.3 Å². The molecule has 1 amide bonds. The van der Waals surface area contributed by atoms with Gasteiger partial charge in [0.15, 0.2) is 5.70 Å². The van der Waals surface area contributed by atoms with Crippen LogP contribution in [0.5, 0.6) is 0 Å². The Morgan fingerprint density at radius 3 is 2.26 bits per heavy atom. The molecule has 3 atom stereocenters. The first-order valence-corrected chi connectivity index (χ1v) is 14.8. The van der Waals surface area contributed by atoms with Crippen LogP contribution in [-0.4, -0.2) is 47.1 Å². The molecule has 1 fully saturated rings. The molecule has 167 valence electrons. The third-order valence-electron chi connectivity index (χ3n) is 6.69. The van der Waals surface area contributed by atoms with Crippen LogP contribution in [0.4, 0.5) is 0 Å². The Morgan fingerprint density at radius 2 is 1.77 bits per heavy atom. The lowest BCUT2D eigenvalue weighted by molar-refractivity contribution is -0.173. The number of thioether (sulfide) groups is 2. The maximum Gasteiger partial charge on any atom is 0.354 e. The van der Waals surface area contributed by atoms with E-state index >= 15 is 0 Å². The highest BCUT2D eigenvalue weighted by atomic mass is 32.2. The SMILES string of the molecule is C[Si](C)O[C@@](C)([C@@H]1C(=O)N2C(C(=O)O)=C(SC3Cc4ccccc4C3)S[C@H]12)C(C)(C)C. The number of hydrogen-bond acceptors (Lipinski definition) is 5. The van der Waals surface area contributed by atoms with E-state index in [-0.39, 0.29) is 28.3 Å². The molecule has 1 aromatic carbocycles. The number of aliphatic carboxylic acids is 1. The van der Waals surface area contributed by atoms with Crippen LogP contribution < -0.4 is 0 Å². The number of rotatable bonds is 6. The van der Waals surface area contributed by atoms with E-state index in [1.807, 2.05) is 6.92 Å². The van der Waals surface area contributed by atoms with Crippen LogP contribution in [0.1, 0.15) is 38.8 Å². The quantitative estimate of drug-likeness (QED) is 0.472. The topological polar surface area (TPSA) is 66.8 Å². The molecule has 1 N–H and O–H groups in total. The number of carboxylic acids is 1. The zero-order valence-corrected chi connectivity index (χ0v) is 21.5. The number of carbonyl (C=O) groups excluding carboxylic acids is 1. The lowest BCUT2D eigenvalue weighted by Crippen LogP contribution is -2.69. The molecule has 0 unspecified atom stereocenters. The minimum Gasteiger partial charge on any atom is -0.477 e. The van der Waals surface area contributed by atoms with Gasteiger partial charge in [-0.05, 0) is 49.4 Å². The molecule has 0 saturated carbocycles. The summed E-state index contributed by atoms with van der Waals surface area (Å²) >= 11 is 3.17. The van der Waals surface area contributed by atoms with Crippen molar-refractivity contribution in [3.05, 3.63) is 45.3 Å². The fraction of sp³-hybridized carbons (Fsp3) is 0.565. The zero-order valence-electron chi connectivity index (χ0n) is 18.9. The van der Waals surface area contributed by atoms with E-state index in [0.717, 1.165) is 17.1 Å². The van der Waals surface area contributed by atoms with Gasteiger partial charge in [0.2, 0.25) is 14.9 Å². The molecule has 8 heteroatoms. The van der Waals surface area contributed by atoms with Gasteiger partial charge >= 0.3 is 5.97 Å². The van der Waals surface area contributed by atoms with Crippen molar-refractivity contribution in [2.75, 3.05) is 0 Å². The van der Waals surface area contributed by atoms with Crippen molar-refractivity contribution in [3.8, 4) is 0 Å². The fourth-order valence-corrected chi connectivity index (χ4v) is 9.40. The van der Waals surface area contributed by atoms with Gasteiger partial charge in [-0.25, -0.2) is 4.79 Å². The Labute approximate surface area is 194 Å². The van der Waals surface area contributed by atoms with Crippen LogP contribution in [0.25, 0.3) is 0 Å². The molecule has 0 spiro atoms. The molecule has 5 nitrogen and oxygen atoms in total. The summed E-state index contributed by atoms with van der Waals surface area (Å²) in [7, 11) is -1.05. The van der Waals surface area contributed by atoms with Gasteiger partial charge in [0.05, 0.1) is 15.8 Å². The highest BCUT2D eigenvalue weighted by Gasteiger charge is 2.65. The Hall–Kier alpha value is -1.22. The van der Waals surface area contributed by atoms with Crippen LogP contribution in [0.3, 0.4) is 0 Å². The molecule has 2 heterocycles. The summed E-state index contributed by atoms with van der Waals surface area (Å²) in [6, 6.07) is 8.41. The second kappa shape index (κ2) is 7.97. The third kappa shape index (κ3) is 3.79. The van der Waals surface area contributed by atoms with E-state index in [9.17, 15) is 14.7 Å². The number of carboxylic acid groups (broad SMARTS) is 1. The van der Waals surface area contributed by atoms with E-state index < -0.39 is 20.6 Å². The number of amides is 1. The third-order valence-corrected chi connectivity index (χ3v) is 10.3. The standard InChI is InChI=1S/C23H30NO4S2Si/c1-22(2,3)23(4,28-31(5)6)16-18(25)24-17(20(26)27)21(30-19(16)24)29-15-11-13-9-7-8-10-14(13)12-15/h7-10,15-16,19H,11-12H2,1-6H3,(H,26,27)/t16-,19-,23+/m1/s1. The van der Waals surface area contributed by atoms with E-state index in [0.29, 0.717) is 5.25 Å². The molecule has 2 aliphatic heterocycles. The van der Waals surface area contributed by atoms with Crippen molar-refractivity contribution in [3.63, 3.8) is 0 Å². The van der Waals surface area contributed by atoms with E-state index in [4.69, 9.17) is 4.43 Å². The highest BCUT2D eigenvalue weighted by molar-refractivity contribution is 8.23. The summed E-state index contributed by atoms with van der Waals surface area (Å²) in [5.41, 5.74) is 1.93. The number of hydrogen-bond donors (Lipinski definition) is 1. The van der Waals surface area contributed by atoms with Gasteiger partial charge in [-0.2, -0.15) is 0 Å². The van der Waals surface area contributed by atoms with Gasteiger partial charge in [0.1, 0.15) is 5.37 Å². The Kier molecular flexibility index (Phi) is 5.90. The monoisotopic (exact) mass is 476 g/mol. The maximum absolute atomic E-state index is 13.3. The number of benzene rings is 1.